The number of amides is 1. The van der Waals surface area contributed by atoms with E-state index in [2.05, 4.69) is 36.7 Å². The van der Waals surface area contributed by atoms with E-state index in [1.54, 1.807) is 0 Å². The number of guanidine groups is 1. The molecule has 3 N–H and O–H groups in total. The number of hydrogen-bond acceptors (Lipinski definition) is 3. The van der Waals surface area contributed by atoms with Crippen molar-refractivity contribution in [3.05, 3.63) is 0 Å². The zero-order valence-electron chi connectivity index (χ0n) is 15.8. The van der Waals surface area contributed by atoms with Crippen LogP contribution in [0.3, 0.4) is 0 Å². The molecule has 1 amide bonds. The molecule has 0 spiro atoms. The number of rotatable bonds is 6. The Morgan fingerprint density at radius 2 is 1.88 bits per heavy atom. The Kier molecular flexibility index (Phi) is 11.6. The topological polar surface area (TPSA) is 74.8 Å². The van der Waals surface area contributed by atoms with Crippen LogP contribution in [0.2, 0.25) is 0 Å². The first-order valence-corrected chi connectivity index (χ1v) is 8.72. The number of aliphatic imine (C=N–C) groups is 1. The van der Waals surface area contributed by atoms with Crippen molar-refractivity contribution in [3.63, 3.8) is 0 Å². The van der Waals surface area contributed by atoms with Gasteiger partial charge in [-0.1, -0.05) is 20.8 Å². The van der Waals surface area contributed by atoms with Gasteiger partial charge in [0.05, 0.1) is 6.10 Å². The van der Waals surface area contributed by atoms with Crippen molar-refractivity contribution >= 4 is 35.8 Å². The molecule has 0 radical (unpaired) electrons. The zero-order chi connectivity index (χ0) is 17.3. The van der Waals surface area contributed by atoms with Crippen molar-refractivity contribution in [2.45, 2.75) is 53.6 Å². The van der Waals surface area contributed by atoms with E-state index in [-0.39, 0.29) is 41.4 Å². The van der Waals surface area contributed by atoms with E-state index < -0.39 is 0 Å². The molecule has 1 rings (SSSR count). The highest BCUT2D eigenvalue weighted by Gasteiger charge is 2.35. The Bertz CT molecular complexity index is 397. The van der Waals surface area contributed by atoms with Crippen LogP contribution in [0.15, 0.2) is 4.99 Å². The number of nitrogens with one attached hydrogen (secondary N) is 3. The summed E-state index contributed by atoms with van der Waals surface area (Å²) in [4.78, 5) is 15.6. The van der Waals surface area contributed by atoms with Crippen molar-refractivity contribution < 1.29 is 9.53 Å². The number of carbonyl (C=O) groups excluding carboxylic acids is 1. The molecule has 0 aromatic rings. The zero-order valence-corrected chi connectivity index (χ0v) is 18.1. The lowest BCUT2D eigenvalue weighted by molar-refractivity contribution is -0.118. The van der Waals surface area contributed by atoms with E-state index in [4.69, 9.17) is 9.73 Å². The van der Waals surface area contributed by atoms with Crippen LogP contribution in [0.25, 0.3) is 0 Å². The maximum Gasteiger partial charge on any atom is 0.216 e. The van der Waals surface area contributed by atoms with Crippen LogP contribution >= 0.6 is 24.0 Å². The van der Waals surface area contributed by atoms with Gasteiger partial charge in [0.25, 0.3) is 0 Å². The standard InChI is InChI=1S/C17H34N4O2.HI/c1-6-18-16(20-10-9-19-13(2)22)21-12-14-8-7-11-23-15(14)17(3,4)5;/h14-15H,6-12H2,1-5H3,(H,19,22)(H2,18,20,21);1H. The lowest BCUT2D eigenvalue weighted by Crippen LogP contribution is -2.43. The molecule has 0 aliphatic carbocycles. The third-order valence-electron chi connectivity index (χ3n) is 3.92. The number of hydrogen-bond donors (Lipinski definition) is 3. The molecule has 6 nitrogen and oxygen atoms in total. The third kappa shape index (κ3) is 9.05. The number of halogens is 1. The van der Waals surface area contributed by atoms with Crippen LogP contribution in [0, 0.1) is 11.3 Å². The van der Waals surface area contributed by atoms with E-state index in [1.165, 1.54) is 6.92 Å². The van der Waals surface area contributed by atoms with Gasteiger partial charge in [-0.2, -0.15) is 0 Å². The van der Waals surface area contributed by atoms with Crippen LogP contribution in [0.4, 0.5) is 0 Å². The summed E-state index contributed by atoms with van der Waals surface area (Å²) in [5, 5.41) is 9.27. The normalized spacial score (nSPS) is 21.6. The van der Waals surface area contributed by atoms with Crippen molar-refractivity contribution in [3.8, 4) is 0 Å². The lowest BCUT2D eigenvalue weighted by atomic mass is 9.78. The SMILES string of the molecule is CCNC(=NCC1CCCOC1C(C)(C)C)NCCNC(C)=O.I. The minimum atomic E-state index is -0.0129. The van der Waals surface area contributed by atoms with Gasteiger partial charge in [0, 0.05) is 45.6 Å². The molecule has 1 heterocycles. The van der Waals surface area contributed by atoms with Crippen molar-refractivity contribution in [2.24, 2.45) is 16.3 Å². The quantitative estimate of drug-likeness (QED) is 0.249. The summed E-state index contributed by atoms with van der Waals surface area (Å²) in [5.41, 5.74) is 0.137. The first-order chi connectivity index (χ1) is 10.8. The molecule has 142 valence electrons. The molecule has 2 unspecified atom stereocenters. The minimum absolute atomic E-state index is 0. The van der Waals surface area contributed by atoms with Gasteiger partial charge < -0.3 is 20.7 Å². The molecule has 0 aromatic carbocycles. The fourth-order valence-electron chi connectivity index (χ4n) is 2.96. The lowest BCUT2D eigenvalue weighted by Gasteiger charge is -2.39. The highest BCUT2D eigenvalue weighted by atomic mass is 127. The Morgan fingerprint density at radius 3 is 2.46 bits per heavy atom. The average Bonchev–Trinajstić information content (AvgIpc) is 2.48. The summed E-state index contributed by atoms with van der Waals surface area (Å²) in [5.74, 6) is 1.24. The monoisotopic (exact) mass is 454 g/mol. The van der Waals surface area contributed by atoms with Crippen LogP contribution in [-0.4, -0.2) is 50.8 Å². The third-order valence-corrected chi connectivity index (χ3v) is 3.92. The Labute approximate surface area is 164 Å². The molecule has 1 aliphatic heterocycles. The van der Waals surface area contributed by atoms with Gasteiger partial charge in [-0.15, -0.1) is 24.0 Å². The molecule has 2 atom stereocenters. The number of nitrogens with zero attached hydrogens (tertiary/aromatic N) is 1. The second-order valence-electron chi connectivity index (χ2n) is 7.19. The summed E-state index contributed by atoms with van der Waals surface area (Å²) >= 11 is 0. The largest absolute Gasteiger partial charge is 0.377 e. The first kappa shape index (κ1) is 23.4. The molecule has 7 heteroatoms. The first-order valence-electron chi connectivity index (χ1n) is 8.72. The van der Waals surface area contributed by atoms with Gasteiger partial charge in [0.2, 0.25) is 5.91 Å². The molecule has 1 aliphatic rings. The maximum atomic E-state index is 10.9. The molecule has 0 bridgehead atoms. The van der Waals surface area contributed by atoms with E-state index in [0.717, 1.165) is 38.5 Å². The average molecular weight is 454 g/mol. The molecule has 1 fully saturated rings. The molecular formula is C17H35IN4O2. The van der Waals surface area contributed by atoms with Gasteiger partial charge in [-0.05, 0) is 25.2 Å². The fourth-order valence-corrected chi connectivity index (χ4v) is 2.96. The van der Waals surface area contributed by atoms with Crippen LogP contribution in [0.1, 0.15) is 47.5 Å². The van der Waals surface area contributed by atoms with Crippen LogP contribution in [0.5, 0.6) is 0 Å². The highest BCUT2D eigenvalue weighted by Crippen LogP contribution is 2.34. The van der Waals surface area contributed by atoms with E-state index in [1.807, 2.05) is 6.92 Å². The van der Waals surface area contributed by atoms with Gasteiger partial charge in [-0.25, -0.2) is 0 Å². The summed E-state index contributed by atoms with van der Waals surface area (Å²) in [6, 6.07) is 0. The van der Waals surface area contributed by atoms with Crippen LogP contribution < -0.4 is 16.0 Å². The predicted octanol–water partition coefficient (Wildman–Crippen LogP) is 2.14. The van der Waals surface area contributed by atoms with Gasteiger partial charge in [0.15, 0.2) is 5.96 Å². The van der Waals surface area contributed by atoms with E-state index in [9.17, 15) is 4.79 Å². The molecular weight excluding hydrogens is 419 g/mol. The maximum absolute atomic E-state index is 10.9. The summed E-state index contributed by atoms with van der Waals surface area (Å²) < 4.78 is 6.01. The Morgan fingerprint density at radius 1 is 1.21 bits per heavy atom. The summed E-state index contributed by atoms with van der Waals surface area (Å²) in [6.45, 7) is 14.0. The molecule has 1 saturated heterocycles. The number of ether oxygens (including phenoxy) is 1. The Hall–Kier alpha value is -0.570. The molecule has 24 heavy (non-hydrogen) atoms. The molecule has 0 aromatic heterocycles. The fraction of sp³-hybridized carbons (Fsp3) is 0.882. The summed E-state index contributed by atoms with van der Waals surface area (Å²) in [6.07, 6.45) is 2.53. The van der Waals surface area contributed by atoms with Crippen molar-refractivity contribution in [1.29, 1.82) is 0 Å². The van der Waals surface area contributed by atoms with E-state index in [0.29, 0.717) is 19.0 Å². The van der Waals surface area contributed by atoms with Crippen molar-refractivity contribution in [2.75, 3.05) is 32.8 Å². The van der Waals surface area contributed by atoms with Gasteiger partial charge in [0.1, 0.15) is 0 Å². The number of carbonyl (C=O) groups is 1. The predicted molar refractivity (Wildman–Crippen MR) is 110 cm³/mol. The van der Waals surface area contributed by atoms with Gasteiger partial charge >= 0.3 is 0 Å². The van der Waals surface area contributed by atoms with E-state index >= 15 is 0 Å². The van der Waals surface area contributed by atoms with Crippen molar-refractivity contribution in [1.82, 2.24) is 16.0 Å². The minimum Gasteiger partial charge on any atom is -0.377 e. The highest BCUT2D eigenvalue weighted by molar-refractivity contribution is 14.0. The molecule has 0 saturated carbocycles. The van der Waals surface area contributed by atoms with Crippen LogP contribution in [-0.2, 0) is 9.53 Å². The Balaban J connectivity index is 0.00000529. The smallest absolute Gasteiger partial charge is 0.216 e. The van der Waals surface area contributed by atoms with Gasteiger partial charge in [-0.3, -0.25) is 9.79 Å². The second kappa shape index (κ2) is 11.9. The summed E-state index contributed by atoms with van der Waals surface area (Å²) in [7, 11) is 0. The second-order valence-corrected chi connectivity index (χ2v) is 7.19.